The van der Waals surface area contributed by atoms with E-state index in [9.17, 15) is 8.42 Å². The van der Waals surface area contributed by atoms with Crippen molar-refractivity contribution in [2.75, 3.05) is 26.2 Å². The van der Waals surface area contributed by atoms with Gasteiger partial charge in [0.2, 0.25) is 10.0 Å². The van der Waals surface area contributed by atoms with Crippen LogP contribution >= 0.6 is 12.2 Å². The van der Waals surface area contributed by atoms with Gasteiger partial charge in [-0.2, -0.15) is 9.40 Å². The quantitative estimate of drug-likeness (QED) is 0.530. The molecule has 2 heterocycles. The highest BCUT2D eigenvalue weighted by Gasteiger charge is 2.31. The summed E-state index contributed by atoms with van der Waals surface area (Å²) in [5.74, 6) is 0. The lowest BCUT2D eigenvalue weighted by Crippen LogP contribution is -2.49. The molecule has 28 heavy (non-hydrogen) atoms. The predicted octanol–water partition coefficient (Wildman–Crippen LogP) is 2.49. The normalized spacial score (nSPS) is 16.4. The monoisotopic (exact) mass is 421 g/mol. The number of aryl methyl sites for hydroxylation is 3. The van der Waals surface area contributed by atoms with Crippen LogP contribution in [0.2, 0.25) is 0 Å². The molecule has 0 spiro atoms. The van der Waals surface area contributed by atoms with E-state index in [2.05, 4.69) is 16.6 Å². The van der Waals surface area contributed by atoms with Crippen molar-refractivity contribution in [3.8, 4) is 0 Å². The van der Waals surface area contributed by atoms with Crippen LogP contribution in [0.1, 0.15) is 16.7 Å². The van der Waals surface area contributed by atoms with Gasteiger partial charge < -0.3 is 4.57 Å². The van der Waals surface area contributed by atoms with Crippen molar-refractivity contribution in [2.45, 2.75) is 38.9 Å². The lowest BCUT2D eigenvalue weighted by atomic mass is 10.1. The first-order valence-electron chi connectivity index (χ1n) is 9.27. The summed E-state index contributed by atoms with van der Waals surface area (Å²) < 4.78 is 32.2. The van der Waals surface area contributed by atoms with Gasteiger partial charge in [-0.25, -0.2) is 13.1 Å². The third-order valence-electron chi connectivity index (χ3n) is 4.99. The standard InChI is InChI=1S/C19H27N5O2S2/c1-5-6-22-13-20-24(19(22)27)14-21-7-9-23(10-8-21)28(25,26)18-16(3)11-15(2)12-17(18)4/h5,11-13H,1,6-10,14H2,2-4H3. The van der Waals surface area contributed by atoms with E-state index in [1.165, 1.54) is 0 Å². The topological polar surface area (TPSA) is 63.4 Å². The highest BCUT2D eigenvalue weighted by molar-refractivity contribution is 7.89. The molecule has 7 nitrogen and oxygen atoms in total. The van der Waals surface area contributed by atoms with E-state index in [-0.39, 0.29) is 0 Å². The number of hydrogen-bond acceptors (Lipinski definition) is 5. The van der Waals surface area contributed by atoms with Crippen LogP contribution in [0, 0.1) is 25.5 Å². The van der Waals surface area contributed by atoms with Crippen molar-refractivity contribution in [2.24, 2.45) is 0 Å². The minimum absolute atomic E-state index is 0.442. The van der Waals surface area contributed by atoms with Crippen molar-refractivity contribution >= 4 is 22.2 Å². The van der Waals surface area contributed by atoms with Crippen LogP contribution in [-0.2, 0) is 23.2 Å². The third kappa shape index (κ3) is 4.12. The van der Waals surface area contributed by atoms with Crippen molar-refractivity contribution < 1.29 is 8.42 Å². The molecule has 1 aliphatic heterocycles. The number of rotatable bonds is 6. The maximum Gasteiger partial charge on any atom is 0.243 e. The van der Waals surface area contributed by atoms with Crippen LogP contribution in [0.4, 0.5) is 0 Å². The van der Waals surface area contributed by atoms with Crippen LogP contribution in [0.15, 0.2) is 36.0 Å². The number of sulfonamides is 1. The zero-order valence-corrected chi connectivity index (χ0v) is 18.3. The first-order valence-corrected chi connectivity index (χ1v) is 11.1. The smallest absolute Gasteiger partial charge is 0.243 e. The molecule has 0 amide bonds. The number of allylic oxidation sites excluding steroid dienone is 1. The van der Waals surface area contributed by atoms with E-state index < -0.39 is 10.0 Å². The summed E-state index contributed by atoms with van der Waals surface area (Å²) >= 11 is 5.43. The van der Waals surface area contributed by atoms with Crippen molar-refractivity contribution in [1.29, 1.82) is 0 Å². The van der Waals surface area contributed by atoms with Gasteiger partial charge in [-0.05, 0) is 44.1 Å². The maximum absolute atomic E-state index is 13.2. The third-order valence-corrected chi connectivity index (χ3v) is 7.64. The fourth-order valence-electron chi connectivity index (χ4n) is 3.74. The molecule has 1 aromatic heterocycles. The molecule has 3 rings (SSSR count). The minimum atomic E-state index is -3.50. The highest BCUT2D eigenvalue weighted by atomic mass is 32.2. The molecule has 0 N–H and O–H groups in total. The lowest BCUT2D eigenvalue weighted by Gasteiger charge is -2.34. The van der Waals surface area contributed by atoms with Gasteiger partial charge in [-0.15, -0.1) is 6.58 Å². The zero-order valence-electron chi connectivity index (χ0n) is 16.6. The Morgan fingerprint density at radius 3 is 2.32 bits per heavy atom. The lowest BCUT2D eigenvalue weighted by molar-refractivity contribution is 0.144. The van der Waals surface area contributed by atoms with Gasteiger partial charge in [0.25, 0.3) is 0 Å². The van der Waals surface area contributed by atoms with E-state index in [1.807, 2.05) is 37.5 Å². The number of nitrogens with zero attached hydrogens (tertiary/aromatic N) is 5. The molecule has 0 radical (unpaired) electrons. The van der Waals surface area contributed by atoms with Crippen LogP contribution in [-0.4, -0.2) is 58.1 Å². The summed E-state index contributed by atoms with van der Waals surface area (Å²) in [4.78, 5) is 2.61. The number of aromatic nitrogens is 3. The van der Waals surface area contributed by atoms with E-state index in [0.717, 1.165) is 16.7 Å². The van der Waals surface area contributed by atoms with Crippen molar-refractivity contribution in [1.82, 2.24) is 23.6 Å². The average molecular weight is 422 g/mol. The number of hydrogen-bond donors (Lipinski definition) is 0. The molecule has 1 aromatic carbocycles. The Morgan fingerprint density at radius 1 is 1.14 bits per heavy atom. The first kappa shape index (κ1) is 20.9. The fourth-order valence-corrected chi connectivity index (χ4v) is 5.80. The molecule has 0 unspecified atom stereocenters. The Labute approximate surface area is 171 Å². The molecule has 1 fully saturated rings. The second-order valence-corrected chi connectivity index (χ2v) is 9.49. The first-order chi connectivity index (χ1) is 13.2. The molecular formula is C19H27N5O2S2. The van der Waals surface area contributed by atoms with E-state index in [1.54, 1.807) is 21.4 Å². The summed E-state index contributed by atoms with van der Waals surface area (Å²) in [5.41, 5.74) is 2.68. The molecule has 2 aromatic rings. The van der Waals surface area contributed by atoms with E-state index in [0.29, 0.717) is 49.1 Å². The van der Waals surface area contributed by atoms with Gasteiger partial charge in [0.15, 0.2) is 4.77 Å². The van der Waals surface area contributed by atoms with Crippen molar-refractivity contribution in [3.63, 3.8) is 0 Å². The van der Waals surface area contributed by atoms with Gasteiger partial charge >= 0.3 is 0 Å². The van der Waals surface area contributed by atoms with Gasteiger partial charge in [-0.3, -0.25) is 4.90 Å². The predicted molar refractivity (Wildman–Crippen MR) is 112 cm³/mol. The Morgan fingerprint density at radius 2 is 1.75 bits per heavy atom. The summed E-state index contributed by atoms with van der Waals surface area (Å²) in [7, 11) is -3.50. The molecule has 0 bridgehead atoms. The average Bonchev–Trinajstić information content (AvgIpc) is 2.95. The Balaban J connectivity index is 1.70. The number of benzene rings is 1. The van der Waals surface area contributed by atoms with Crippen molar-refractivity contribution in [3.05, 3.63) is 52.6 Å². The molecule has 9 heteroatoms. The fraction of sp³-hybridized carbons (Fsp3) is 0.474. The van der Waals surface area contributed by atoms with Crippen LogP contribution in [0.25, 0.3) is 0 Å². The van der Waals surface area contributed by atoms with Gasteiger partial charge in [-0.1, -0.05) is 23.8 Å². The molecular weight excluding hydrogens is 394 g/mol. The Hall–Kier alpha value is -1.81. The molecule has 0 atom stereocenters. The summed E-state index contributed by atoms with van der Waals surface area (Å²) in [6.45, 7) is 12.8. The second kappa shape index (κ2) is 8.28. The van der Waals surface area contributed by atoms with Gasteiger partial charge in [0.1, 0.15) is 6.33 Å². The van der Waals surface area contributed by atoms with E-state index in [4.69, 9.17) is 12.2 Å². The number of piperazine rings is 1. The van der Waals surface area contributed by atoms with Crippen LogP contribution in [0.5, 0.6) is 0 Å². The molecule has 1 aliphatic rings. The van der Waals surface area contributed by atoms with Gasteiger partial charge in [0, 0.05) is 32.7 Å². The Bertz CT molecular complexity index is 1010. The van der Waals surface area contributed by atoms with Crippen LogP contribution < -0.4 is 0 Å². The minimum Gasteiger partial charge on any atom is -0.303 e. The molecule has 1 saturated heterocycles. The largest absolute Gasteiger partial charge is 0.303 e. The maximum atomic E-state index is 13.2. The molecule has 0 aliphatic carbocycles. The second-order valence-electron chi connectivity index (χ2n) is 7.25. The van der Waals surface area contributed by atoms with Crippen LogP contribution in [0.3, 0.4) is 0 Å². The SMILES string of the molecule is C=CCn1cnn(CN2CCN(S(=O)(=O)c3c(C)cc(C)cc3C)CC2)c1=S. The van der Waals surface area contributed by atoms with E-state index >= 15 is 0 Å². The molecule has 0 saturated carbocycles. The summed E-state index contributed by atoms with van der Waals surface area (Å²) in [6, 6.07) is 3.86. The summed E-state index contributed by atoms with van der Waals surface area (Å²) in [6.07, 6.45) is 3.48. The molecule has 152 valence electrons. The zero-order chi connectivity index (χ0) is 20.5. The highest BCUT2D eigenvalue weighted by Crippen LogP contribution is 2.26. The summed E-state index contributed by atoms with van der Waals surface area (Å²) in [5, 5.41) is 4.33. The Kier molecular flexibility index (Phi) is 6.18. The van der Waals surface area contributed by atoms with Gasteiger partial charge in [0.05, 0.1) is 11.6 Å².